The lowest BCUT2D eigenvalue weighted by atomic mass is 10.0. The van der Waals surface area contributed by atoms with E-state index in [1.54, 1.807) is 12.1 Å². The Labute approximate surface area is 172 Å². The number of pyridine rings is 1. The van der Waals surface area contributed by atoms with E-state index >= 15 is 0 Å². The predicted molar refractivity (Wildman–Crippen MR) is 111 cm³/mol. The lowest BCUT2D eigenvalue weighted by Crippen LogP contribution is -2.40. The molecule has 1 fully saturated rings. The van der Waals surface area contributed by atoms with Crippen molar-refractivity contribution in [2.75, 3.05) is 24.7 Å². The third-order valence-corrected chi connectivity index (χ3v) is 6.71. The van der Waals surface area contributed by atoms with Gasteiger partial charge in [0, 0.05) is 18.3 Å². The zero-order chi connectivity index (χ0) is 20.6. The zero-order valence-corrected chi connectivity index (χ0v) is 17.8. The van der Waals surface area contributed by atoms with Gasteiger partial charge in [0.2, 0.25) is 10.0 Å². The van der Waals surface area contributed by atoms with E-state index < -0.39 is 15.6 Å². The number of anilines is 1. The Kier molecular flexibility index (Phi) is 5.16. The molecule has 0 saturated carbocycles. The highest BCUT2D eigenvalue weighted by Gasteiger charge is 2.29. The van der Waals surface area contributed by atoms with Gasteiger partial charge in [0.25, 0.3) is 0 Å². The van der Waals surface area contributed by atoms with Gasteiger partial charge in [0.15, 0.2) is 11.5 Å². The first kappa shape index (κ1) is 20.0. The third-order valence-electron chi connectivity index (χ3n) is 4.97. The highest BCUT2D eigenvalue weighted by Crippen LogP contribution is 2.39. The fraction of sp³-hybridized carbons (Fsp3) is 0.476. The highest BCUT2D eigenvalue weighted by molar-refractivity contribution is 7.89. The highest BCUT2D eigenvalue weighted by atomic mass is 32.2. The molecule has 0 radical (unpaired) electrons. The number of fused-ring (bicyclic) bond motifs is 1. The van der Waals surface area contributed by atoms with Crippen molar-refractivity contribution in [3.05, 3.63) is 42.1 Å². The molecule has 3 heterocycles. The monoisotopic (exact) mass is 417 g/mol. The number of nitrogens with zero attached hydrogens (tertiary/aromatic N) is 2. The Morgan fingerprint density at radius 3 is 2.55 bits per heavy atom. The second-order valence-electron chi connectivity index (χ2n) is 8.46. The molecule has 0 amide bonds. The molecule has 1 aromatic heterocycles. The average molecular weight is 418 g/mol. The fourth-order valence-corrected chi connectivity index (χ4v) is 5.18. The van der Waals surface area contributed by atoms with Crippen LogP contribution in [0.15, 0.2) is 41.4 Å². The number of nitrogens with one attached hydrogen (secondary N) is 1. The van der Waals surface area contributed by atoms with Gasteiger partial charge < -0.3 is 14.4 Å². The second kappa shape index (κ2) is 7.50. The summed E-state index contributed by atoms with van der Waals surface area (Å²) in [5.41, 5.74) is 0.607. The summed E-state index contributed by atoms with van der Waals surface area (Å²) in [4.78, 5) is 6.86. The van der Waals surface area contributed by atoms with Crippen LogP contribution in [0, 0.1) is 0 Å². The van der Waals surface area contributed by atoms with Gasteiger partial charge in [-0.2, -0.15) is 0 Å². The minimum Gasteiger partial charge on any atom is -0.486 e. The minimum absolute atomic E-state index is 0.172. The Morgan fingerprint density at radius 2 is 1.86 bits per heavy atom. The summed E-state index contributed by atoms with van der Waals surface area (Å²) >= 11 is 0. The van der Waals surface area contributed by atoms with E-state index in [0.29, 0.717) is 13.2 Å². The van der Waals surface area contributed by atoms with E-state index in [4.69, 9.17) is 9.47 Å². The topological polar surface area (TPSA) is 80.8 Å². The number of benzene rings is 1. The van der Waals surface area contributed by atoms with Crippen molar-refractivity contribution in [3.63, 3.8) is 0 Å². The van der Waals surface area contributed by atoms with Gasteiger partial charge >= 0.3 is 0 Å². The summed E-state index contributed by atoms with van der Waals surface area (Å²) in [6.07, 6.45) is 3.49. The molecule has 0 aliphatic carbocycles. The third kappa shape index (κ3) is 4.33. The van der Waals surface area contributed by atoms with Crippen LogP contribution in [0.1, 0.15) is 45.2 Å². The predicted octanol–water partition coefficient (Wildman–Crippen LogP) is 3.27. The van der Waals surface area contributed by atoms with Crippen molar-refractivity contribution in [3.8, 4) is 11.5 Å². The smallest absolute Gasteiger partial charge is 0.242 e. The van der Waals surface area contributed by atoms with Crippen molar-refractivity contribution >= 4 is 15.8 Å². The molecular weight excluding hydrogens is 390 g/mol. The summed E-state index contributed by atoms with van der Waals surface area (Å²) < 4.78 is 39.0. The molecule has 156 valence electrons. The van der Waals surface area contributed by atoms with Crippen molar-refractivity contribution in [1.29, 1.82) is 0 Å². The van der Waals surface area contributed by atoms with Crippen LogP contribution in [0.2, 0.25) is 0 Å². The largest absolute Gasteiger partial charge is 0.486 e. The summed E-state index contributed by atoms with van der Waals surface area (Å²) in [5.74, 6) is 2.34. The molecule has 1 aromatic carbocycles. The molecule has 2 aliphatic rings. The van der Waals surface area contributed by atoms with Gasteiger partial charge in [0.1, 0.15) is 23.9 Å². The van der Waals surface area contributed by atoms with Gasteiger partial charge in [0.05, 0.1) is 6.04 Å². The Morgan fingerprint density at radius 1 is 1.10 bits per heavy atom. The molecule has 29 heavy (non-hydrogen) atoms. The SMILES string of the molecule is CC(C)(C)NS(=O)(=O)c1ccc(N2CCCC2c2ccc3c(c2)OCCO3)nc1. The lowest BCUT2D eigenvalue weighted by molar-refractivity contribution is 0.171. The zero-order valence-electron chi connectivity index (χ0n) is 17.0. The molecule has 1 unspecified atom stereocenters. The van der Waals surface area contributed by atoms with Crippen LogP contribution in [-0.4, -0.2) is 38.7 Å². The van der Waals surface area contributed by atoms with Crippen LogP contribution in [-0.2, 0) is 10.0 Å². The summed E-state index contributed by atoms with van der Waals surface area (Å²) in [7, 11) is -3.60. The molecule has 1 N–H and O–H groups in total. The van der Waals surface area contributed by atoms with E-state index in [2.05, 4.69) is 20.7 Å². The molecule has 1 saturated heterocycles. The Balaban J connectivity index is 1.56. The van der Waals surface area contributed by atoms with Gasteiger partial charge in [-0.1, -0.05) is 6.07 Å². The van der Waals surface area contributed by atoms with E-state index in [0.717, 1.165) is 42.3 Å². The number of rotatable bonds is 4. The number of hydrogen-bond donors (Lipinski definition) is 1. The van der Waals surface area contributed by atoms with Crippen molar-refractivity contribution in [2.45, 2.75) is 50.1 Å². The van der Waals surface area contributed by atoms with E-state index in [1.165, 1.54) is 6.20 Å². The average Bonchev–Trinajstić information content (AvgIpc) is 3.16. The molecule has 0 bridgehead atoms. The molecule has 2 aliphatic heterocycles. The first-order valence-electron chi connectivity index (χ1n) is 9.89. The maximum absolute atomic E-state index is 12.5. The molecule has 2 aromatic rings. The first-order valence-corrected chi connectivity index (χ1v) is 11.4. The molecule has 0 spiro atoms. The van der Waals surface area contributed by atoms with Crippen molar-refractivity contribution in [1.82, 2.24) is 9.71 Å². The van der Waals surface area contributed by atoms with E-state index in [-0.39, 0.29) is 10.9 Å². The van der Waals surface area contributed by atoms with Crippen LogP contribution in [0.4, 0.5) is 5.82 Å². The fourth-order valence-electron chi connectivity index (χ4n) is 3.82. The standard InChI is InChI=1S/C21H27N3O4S/c1-21(2,3)23-29(25,26)16-7-9-20(22-14-16)24-10-4-5-17(24)15-6-8-18-19(13-15)28-12-11-27-18/h6-9,13-14,17,23H,4-5,10-12H2,1-3H3. The van der Waals surface area contributed by atoms with Crippen LogP contribution in [0.5, 0.6) is 11.5 Å². The number of hydrogen-bond acceptors (Lipinski definition) is 6. The van der Waals surface area contributed by atoms with Crippen LogP contribution in [0.3, 0.4) is 0 Å². The van der Waals surface area contributed by atoms with Crippen molar-refractivity contribution in [2.24, 2.45) is 0 Å². The molecule has 8 heteroatoms. The van der Waals surface area contributed by atoms with Gasteiger partial charge in [-0.25, -0.2) is 18.1 Å². The maximum atomic E-state index is 12.5. The minimum atomic E-state index is -3.60. The van der Waals surface area contributed by atoms with Crippen LogP contribution in [0.25, 0.3) is 0 Å². The second-order valence-corrected chi connectivity index (χ2v) is 10.1. The number of sulfonamides is 1. The normalized spacial score (nSPS) is 19.4. The van der Waals surface area contributed by atoms with Crippen LogP contribution < -0.4 is 19.1 Å². The van der Waals surface area contributed by atoms with E-state index in [1.807, 2.05) is 32.9 Å². The molecule has 7 nitrogen and oxygen atoms in total. The van der Waals surface area contributed by atoms with Crippen molar-refractivity contribution < 1.29 is 17.9 Å². The van der Waals surface area contributed by atoms with Gasteiger partial charge in [-0.15, -0.1) is 0 Å². The number of aromatic nitrogens is 1. The molecular formula is C21H27N3O4S. The quantitative estimate of drug-likeness (QED) is 0.822. The molecule has 4 rings (SSSR count). The number of ether oxygens (including phenoxy) is 2. The Bertz CT molecular complexity index is 984. The summed E-state index contributed by atoms with van der Waals surface area (Å²) in [5, 5.41) is 0. The van der Waals surface area contributed by atoms with Gasteiger partial charge in [-0.05, 0) is 63.4 Å². The van der Waals surface area contributed by atoms with Gasteiger partial charge in [-0.3, -0.25) is 0 Å². The molecule has 1 atom stereocenters. The first-order chi connectivity index (χ1) is 13.7. The maximum Gasteiger partial charge on any atom is 0.242 e. The van der Waals surface area contributed by atoms with E-state index in [9.17, 15) is 8.42 Å². The van der Waals surface area contributed by atoms with Crippen LogP contribution >= 0.6 is 0 Å². The summed E-state index contributed by atoms with van der Waals surface area (Å²) in [6.45, 7) is 7.45. The Hall–Kier alpha value is -2.32. The lowest BCUT2D eigenvalue weighted by Gasteiger charge is -2.27. The summed E-state index contributed by atoms with van der Waals surface area (Å²) in [6, 6.07) is 9.66.